The number of rotatable bonds is 2. The Balaban J connectivity index is 3.46. The van der Waals surface area contributed by atoms with Gasteiger partial charge in [0.15, 0.2) is 0 Å². The molecule has 0 aliphatic heterocycles. The summed E-state index contributed by atoms with van der Waals surface area (Å²) in [4.78, 5) is 0. The molecule has 0 atom stereocenters. The van der Waals surface area contributed by atoms with Crippen LogP contribution in [-0.2, 0) is 0 Å². The second kappa shape index (κ2) is 3.73. The number of halogens is 1. The fraction of sp³-hybridized carbons (Fsp3) is 1.00. The average molecular weight is 199 g/mol. The van der Waals surface area contributed by atoms with E-state index in [1.54, 1.807) is 0 Å². The SMILES string of the molecule is CN(C)[As](Cl)N(C)C. The number of nitrogens with zero attached hydrogens (tertiary/aromatic N) is 2. The first-order valence-corrected chi connectivity index (χ1v) is 6.50. The number of hydrogen-bond donors (Lipinski definition) is 0. The van der Waals surface area contributed by atoms with E-state index in [1.807, 2.05) is 28.2 Å². The molecule has 0 rings (SSSR count). The van der Waals surface area contributed by atoms with Crippen LogP contribution in [0.1, 0.15) is 0 Å². The van der Waals surface area contributed by atoms with E-state index < -0.39 is 14.2 Å². The first-order valence-electron chi connectivity index (χ1n) is 2.36. The van der Waals surface area contributed by atoms with Gasteiger partial charge in [0, 0.05) is 0 Å². The van der Waals surface area contributed by atoms with Gasteiger partial charge in [-0.2, -0.15) is 0 Å². The van der Waals surface area contributed by atoms with E-state index in [9.17, 15) is 0 Å². The van der Waals surface area contributed by atoms with Crippen molar-refractivity contribution in [2.75, 3.05) is 28.2 Å². The van der Waals surface area contributed by atoms with Crippen molar-refractivity contribution in [1.82, 2.24) is 7.63 Å². The molecule has 0 aromatic rings. The van der Waals surface area contributed by atoms with Gasteiger partial charge in [-0.25, -0.2) is 0 Å². The molecule has 4 heteroatoms. The maximum atomic E-state index is 5.95. The van der Waals surface area contributed by atoms with Crippen LogP contribution in [0.5, 0.6) is 0 Å². The molecule has 0 saturated carbocycles. The summed E-state index contributed by atoms with van der Waals surface area (Å²) in [7, 11) is 14.0. The van der Waals surface area contributed by atoms with Crippen LogP contribution in [0.2, 0.25) is 0 Å². The Morgan fingerprint density at radius 1 is 1.00 bits per heavy atom. The van der Waals surface area contributed by atoms with Crippen molar-refractivity contribution < 1.29 is 0 Å². The van der Waals surface area contributed by atoms with Crippen LogP contribution < -0.4 is 0 Å². The van der Waals surface area contributed by atoms with Gasteiger partial charge >= 0.3 is 59.9 Å². The predicted octanol–water partition coefficient (Wildman–Crippen LogP) is 0.333. The van der Waals surface area contributed by atoms with Crippen molar-refractivity contribution in [2.24, 2.45) is 0 Å². The first-order chi connectivity index (χ1) is 3.55. The summed E-state index contributed by atoms with van der Waals surface area (Å²) in [6, 6.07) is 0. The third-order valence-electron chi connectivity index (χ3n) is 0.660. The average Bonchev–Trinajstić information content (AvgIpc) is 1.64. The molecule has 0 N–H and O–H groups in total. The van der Waals surface area contributed by atoms with Gasteiger partial charge in [-0.15, -0.1) is 0 Å². The molecule has 0 spiro atoms. The zero-order chi connectivity index (χ0) is 6.73. The Kier molecular flexibility index (Phi) is 4.09. The third-order valence-corrected chi connectivity index (χ3v) is 6.57. The van der Waals surface area contributed by atoms with Crippen molar-refractivity contribution in [1.29, 1.82) is 0 Å². The summed E-state index contributed by atoms with van der Waals surface area (Å²) in [5, 5.41) is 0. The molecule has 0 saturated heterocycles. The summed E-state index contributed by atoms with van der Waals surface area (Å²) >= 11 is -1.27. The van der Waals surface area contributed by atoms with E-state index in [1.165, 1.54) is 0 Å². The molecule has 0 radical (unpaired) electrons. The molecule has 0 aliphatic carbocycles. The Morgan fingerprint density at radius 3 is 1.25 bits per heavy atom. The predicted molar refractivity (Wildman–Crippen MR) is 39.0 cm³/mol. The van der Waals surface area contributed by atoms with Crippen molar-refractivity contribution in [2.45, 2.75) is 0 Å². The van der Waals surface area contributed by atoms with E-state index in [4.69, 9.17) is 9.95 Å². The van der Waals surface area contributed by atoms with Gasteiger partial charge in [-0.3, -0.25) is 0 Å². The van der Waals surface area contributed by atoms with Crippen LogP contribution in [0.3, 0.4) is 0 Å². The second-order valence-electron chi connectivity index (χ2n) is 1.94. The van der Waals surface area contributed by atoms with E-state index in [2.05, 4.69) is 7.63 Å². The Bertz CT molecular complexity index is 59.1. The molecule has 0 amide bonds. The molecule has 0 fully saturated rings. The van der Waals surface area contributed by atoms with E-state index in [0.29, 0.717) is 0 Å². The van der Waals surface area contributed by atoms with Gasteiger partial charge in [-0.05, 0) is 0 Å². The molecule has 0 heterocycles. The number of hydrogen-bond acceptors (Lipinski definition) is 2. The molecule has 0 bridgehead atoms. The topological polar surface area (TPSA) is 6.48 Å². The Labute approximate surface area is 60.3 Å². The standard InChI is InChI=1S/C4H12AsClN2/c1-7(2)5(6)8(3)4/h1-4H3. The molecule has 2 nitrogen and oxygen atoms in total. The maximum absolute atomic E-state index is 5.95. The molecule has 0 unspecified atom stereocenters. The third kappa shape index (κ3) is 2.93. The minimum absolute atomic E-state index is 1.27. The van der Waals surface area contributed by atoms with E-state index in [-0.39, 0.29) is 0 Å². The van der Waals surface area contributed by atoms with Gasteiger partial charge in [0.1, 0.15) is 0 Å². The molecular weight excluding hydrogens is 186 g/mol. The minimum atomic E-state index is -1.27. The van der Waals surface area contributed by atoms with Crippen molar-refractivity contribution >= 4 is 24.1 Å². The van der Waals surface area contributed by atoms with Crippen LogP contribution in [0, 0.1) is 0 Å². The Hall–Kier alpha value is 0.768. The fourth-order valence-corrected chi connectivity index (χ4v) is 1.86. The van der Waals surface area contributed by atoms with E-state index in [0.717, 1.165) is 0 Å². The van der Waals surface area contributed by atoms with Crippen LogP contribution in [0.15, 0.2) is 0 Å². The van der Waals surface area contributed by atoms with Gasteiger partial charge in [-0.1, -0.05) is 0 Å². The van der Waals surface area contributed by atoms with Gasteiger partial charge in [0.2, 0.25) is 0 Å². The first kappa shape index (κ1) is 8.77. The fourth-order valence-electron chi connectivity index (χ4n) is 0.358. The van der Waals surface area contributed by atoms with Crippen LogP contribution in [0.4, 0.5) is 0 Å². The quantitative estimate of drug-likeness (QED) is 0.590. The summed E-state index contributed by atoms with van der Waals surface area (Å²) in [6.45, 7) is 0. The molecular formula is C4H12AsClN2. The van der Waals surface area contributed by atoms with Gasteiger partial charge in [0.25, 0.3) is 0 Å². The zero-order valence-electron chi connectivity index (χ0n) is 5.72. The van der Waals surface area contributed by atoms with Crippen molar-refractivity contribution in [3.05, 3.63) is 0 Å². The van der Waals surface area contributed by atoms with Crippen molar-refractivity contribution in [3.8, 4) is 0 Å². The summed E-state index contributed by atoms with van der Waals surface area (Å²) in [5.74, 6) is 0. The monoisotopic (exact) mass is 198 g/mol. The normalized spacial score (nSPS) is 12.0. The molecule has 50 valence electrons. The molecule has 0 aliphatic rings. The van der Waals surface area contributed by atoms with Crippen LogP contribution in [-0.4, -0.2) is 50.0 Å². The zero-order valence-corrected chi connectivity index (χ0v) is 8.35. The van der Waals surface area contributed by atoms with Crippen LogP contribution in [0.25, 0.3) is 0 Å². The summed E-state index contributed by atoms with van der Waals surface area (Å²) in [6.07, 6.45) is 0. The summed E-state index contributed by atoms with van der Waals surface area (Å²) in [5.41, 5.74) is 0. The molecule has 0 aromatic heterocycles. The van der Waals surface area contributed by atoms with E-state index >= 15 is 0 Å². The van der Waals surface area contributed by atoms with Gasteiger partial charge < -0.3 is 0 Å². The molecule has 8 heavy (non-hydrogen) atoms. The summed E-state index contributed by atoms with van der Waals surface area (Å²) < 4.78 is 4.16. The molecule has 0 aromatic carbocycles. The van der Waals surface area contributed by atoms with Gasteiger partial charge in [0.05, 0.1) is 0 Å². The second-order valence-corrected chi connectivity index (χ2v) is 7.87. The Morgan fingerprint density at radius 2 is 1.25 bits per heavy atom. The van der Waals surface area contributed by atoms with Crippen molar-refractivity contribution in [3.63, 3.8) is 0 Å². The van der Waals surface area contributed by atoms with Crippen LogP contribution >= 0.6 is 9.95 Å².